The minimum absolute atomic E-state index is 0.326. The van der Waals surface area contributed by atoms with Crippen LogP contribution >= 0.6 is 0 Å². The van der Waals surface area contributed by atoms with E-state index in [-0.39, 0.29) is 0 Å². The Morgan fingerprint density at radius 3 is 2.71 bits per heavy atom. The van der Waals surface area contributed by atoms with Crippen LogP contribution in [0.5, 0.6) is 0 Å². The molecule has 5 nitrogen and oxygen atoms in total. The molecule has 2 aromatic heterocycles. The molecular formula is C16H15N5. The summed E-state index contributed by atoms with van der Waals surface area (Å²) in [4.78, 5) is 2.87. The van der Waals surface area contributed by atoms with E-state index in [4.69, 9.17) is 11.3 Å². The molecule has 0 bridgehead atoms. The molecule has 21 heavy (non-hydrogen) atoms. The molecule has 0 aliphatic carbocycles. The van der Waals surface area contributed by atoms with Gasteiger partial charge >= 0.3 is 0 Å². The van der Waals surface area contributed by atoms with Crippen LogP contribution in [0.2, 0.25) is 0 Å². The average Bonchev–Trinajstić information content (AvgIpc) is 2.91. The first-order valence-corrected chi connectivity index (χ1v) is 6.73. The third-order valence-electron chi connectivity index (χ3n) is 3.57. The van der Waals surface area contributed by atoms with Crippen LogP contribution in [0.3, 0.4) is 0 Å². The summed E-state index contributed by atoms with van der Waals surface area (Å²) in [6.07, 6.45) is 4.00. The highest BCUT2D eigenvalue weighted by molar-refractivity contribution is 5.85. The second-order valence-electron chi connectivity index (χ2n) is 4.77. The fourth-order valence-corrected chi connectivity index (χ4v) is 2.66. The maximum Gasteiger partial charge on any atom is 0.0532 e. The van der Waals surface area contributed by atoms with E-state index in [1.807, 2.05) is 47.1 Å². The number of rotatable bonds is 4. The van der Waals surface area contributed by atoms with Crippen molar-refractivity contribution < 1.29 is 0 Å². The molecule has 3 aromatic rings. The zero-order valence-corrected chi connectivity index (χ0v) is 11.5. The molecule has 0 aliphatic rings. The zero-order chi connectivity index (χ0) is 14.7. The Morgan fingerprint density at radius 2 is 1.90 bits per heavy atom. The Kier molecular flexibility index (Phi) is 3.60. The number of fused-ring (bicyclic) bond motifs is 1. The number of benzene rings is 1. The number of pyridine rings is 1. The largest absolute Gasteiger partial charge is 0.326 e. The van der Waals surface area contributed by atoms with Gasteiger partial charge in [0.25, 0.3) is 0 Å². The first-order chi connectivity index (χ1) is 10.3. The van der Waals surface area contributed by atoms with E-state index in [2.05, 4.69) is 22.2 Å². The fraction of sp³-hybridized carbons (Fsp3) is 0.125. The van der Waals surface area contributed by atoms with E-state index >= 15 is 0 Å². The number of nitrogens with two attached hydrogens (primary N) is 1. The summed E-state index contributed by atoms with van der Waals surface area (Å²) in [5, 5.41) is 3.71. The SMILES string of the molecule is [N-]=[N+]=NCc1cn2ccccc2c1-c1ccccc1CN. The van der Waals surface area contributed by atoms with Crippen LogP contribution < -0.4 is 5.73 Å². The molecule has 0 fully saturated rings. The van der Waals surface area contributed by atoms with Crippen LogP contribution in [0.4, 0.5) is 0 Å². The number of hydrogen-bond acceptors (Lipinski definition) is 2. The van der Waals surface area contributed by atoms with E-state index in [1.165, 1.54) is 0 Å². The van der Waals surface area contributed by atoms with E-state index in [9.17, 15) is 0 Å². The summed E-state index contributed by atoms with van der Waals surface area (Å²) in [6.45, 7) is 0.799. The molecule has 104 valence electrons. The smallest absolute Gasteiger partial charge is 0.0532 e. The summed E-state index contributed by atoms with van der Waals surface area (Å²) in [6, 6.07) is 14.1. The highest BCUT2D eigenvalue weighted by Gasteiger charge is 2.14. The third kappa shape index (κ3) is 2.36. The number of hydrogen-bond donors (Lipinski definition) is 1. The quantitative estimate of drug-likeness (QED) is 0.438. The van der Waals surface area contributed by atoms with Gasteiger partial charge in [-0.15, -0.1) is 0 Å². The maximum atomic E-state index is 8.60. The molecule has 3 rings (SSSR count). The van der Waals surface area contributed by atoms with Gasteiger partial charge in [0.1, 0.15) is 0 Å². The van der Waals surface area contributed by atoms with E-state index in [1.54, 1.807) is 0 Å². The highest BCUT2D eigenvalue weighted by Crippen LogP contribution is 2.33. The fourth-order valence-electron chi connectivity index (χ4n) is 2.66. The molecule has 0 radical (unpaired) electrons. The molecule has 2 N–H and O–H groups in total. The summed E-state index contributed by atoms with van der Waals surface area (Å²) in [5.74, 6) is 0. The number of nitrogens with zero attached hydrogens (tertiary/aromatic N) is 4. The Hall–Kier alpha value is -2.75. The van der Waals surface area contributed by atoms with Gasteiger partial charge in [0.2, 0.25) is 0 Å². The molecule has 1 aromatic carbocycles. The van der Waals surface area contributed by atoms with Gasteiger partial charge in [-0.05, 0) is 34.4 Å². The normalized spacial score (nSPS) is 10.5. The molecule has 0 spiro atoms. The van der Waals surface area contributed by atoms with Crippen molar-refractivity contribution >= 4 is 5.52 Å². The lowest BCUT2D eigenvalue weighted by atomic mass is 9.97. The Morgan fingerprint density at radius 1 is 1.10 bits per heavy atom. The van der Waals surface area contributed by atoms with E-state index in [0.717, 1.165) is 27.8 Å². The van der Waals surface area contributed by atoms with Crippen molar-refractivity contribution in [1.82, 2.24) is 4.40 Å². The van der Waals surface area contributed by atoms with Crippen LogP contribution in [-0.2, 0) is 13.1 Å². The van der Waals surface area contributed by atoms with Crippen LogP contribution in [-0.4, -0.2) is 4.40 Å². The lowest BCUT2D eigenvalue weighted by Gasteiger charge is -2.09. The van der Waals surface area contributed by atoms with Crippen molar-refractivity contribution in [3.8, 4) is 11.1 Å². The van der Waals surface area contributed by atoms with Crippen molar-refractivity contribution in [1.29, 1.82) is 0 Å². The summed E-state index contributed by atoms with van der Waals surface area (Å²) < 4.78 is 2.05. The van der Waals surface area contributed by atoms with Gasteiger partial charge in [-0.3, -0.25) is 0 Å². The highest BCUT2D eigenvalue weighted by atomic mass is 15.1. The van der Waals surface area contributed by atoms with Crippen LogP contribution in [0.25, 0.3) is 27.1 Å². The van der Waals surface area contributed by atoms with E-state index in [0.29, 0.717) is 13.1 Å². The topological polar surface area (TPSA) is 79.2 Å². The Balaban J connectivity index is 2.30. The van der Waals surface area contributed by atoms with Gasteiger partial charge in [0, 0.05) is 29.4 Å². The minimum Gasteiger partial charge on any atom is -0.326 e. The molecule has 0 atom stereocenters. The van der Waals surface area contributed by atoms with E-state index < -0.39 is 0 Å². The number of azide groups is 1. The maximum absolute atomic E-state index is 8.60. The third-order valence-corrected chi connectivity index (χ3v) is 3.57. The monoisotopic (exact) mass is 277 g/mol. The minimum atomic E-state index is 0.326. The van der Waals surface area contributed by atoms with Gasteiger partial charge in [-0.2, -0.15) is 0 Å². The average molecular weight is 277 g/mol. The van der Waals surface area contributed by atoms with Gasteiger partial charge in [-0.1, -0.05) is 35.4 Å². The molecule has 0 saturated heterocycles. The molecule has 5 heteroatoms. The molecule has 2 heterocycles. The van der Waals surface area contributed by atoms with Crippen molar-refractivity contribution in [3.05, 3.63) is 76.4 Å². The van der Waals surface area contributed by atoms with Gasteiger partial charge in [0.15, 0.2) is 0 Å². The molecule has 0 amide bonds. The first-order valence-electron chi connectivity index (χ1n) is 6.73. The van der Waals surface area contributed by atoms with Crippen LogP contribution in [0, 0.1) is 0 Å². The van der Waals surface area contributed by atoms with Crippen molar-refractivity contribution in [2.45, 2.75) is 13.1 Å². The molecule has 0 aliphatic heterocycles. The second kappa shape index (κ2) is 5.71. The lowest BCUT2D eigenvalue weighted by Crippen LogP contribution is -1.99. The Labute approximate surface area is 122 Å². The molecule has 0 unspecified atom stereocenters. The van der Waals surface area contributed by atoms with Crippen molar-refractivity contribution in [2.75, 3.05) is 0 Å². The van der Waals surface area contributed by atoms with Crippen molar-refractivity contribution in [2.24, 2.45) is 10.8 Å². The lowest BCUT2D eigenvalue weighted by molar-refractivity contribution is 1.04. The van der Waals surface area contributed by atoms with Crippen LogP contribution in [0.1, 0.15) is 11.1 Å². The van der Waals surface area contributed by atoms with Crippen LogP contribution in [0.15, 0.2) is 60.0 Å². The zero-order valence-electron chi connectivity index (χ0n) is 11.5. The van der Waals surface area contributed by atoms with Gasteiger partial charge in [0.05, 0.1) is 12.1 Å². The molecular weight excluding hydrogens is 262 g/mol. The molecule has 0 saturated carbocycles. The predicted octanol–water partition coefficient (Wildman–Crippen LogP) is 3.88. The van der Waals surface area contributed by atoms with Gasteiger partial charge in [-0.25, -0.2) is 0 Å². The van der Waals surface area contributed by atoms with Crippen molar-refractivity contribution in [3.63, 3.8) is 0 Å². The Bertz CT molecular complexity index is 828. The summed E-state index contributed by atoms with van der Waals surface area (Å²) in [5.41, 5.74) is 19.8. The number of aromatic nitrogens is 1. The first kappa shape index (κ1) is 13.2. The predicted molar refractivity (Wildman–Crippen MR) is 83.6 cm³/mol. The standard InChI is InChI=1S/C16H15N5/c17-9-12-5-1-2-6-14(12)16-13(10-19-20-18)11-21-8-4-3-7-15(16)21/h1-8,11H,9-10,17H2. The summed E-state index contributed by atoms with van der Waals surface area (Å²) in [7, 11) is 0. The van der Waals surface area contributed by atoms with Gasteiger partial charge < -0.3 is 10.1 Å². The summed E-state index contributed by atoms with van der Waals surface area (Å²) >= 11 is 0. The second-order valence-corrected chi connectivity index (χ2v) is 4.77.